The maximum atomic E-state index is 12.8. The third-order valence-electron chi connectivity index (χ3n) is 6.24. The first kappa shape index (κ1) is 21.7. The standard InChI is InChI=1S/C19H34O6Si/c1-12-11-13(25-26(9,10)17(2,3)4)15-16(14(12)20)24-19(6,22-8)18(5,21-7)23-15/h11,13,15-16H,1-10H3/t13-,15-,16-,18-,19-/m1/s1. The molecule has 1 fully saturated rings. The zero-order valence-corrected chi connectivity index (χ0v) is 18.8. The number of ether oxygens (including phenoxy) is 4. The Kier molecular flexibility index (Phi) is 5.68. The summed E-state index contributed by atoms with van der Waals surface area (Å²) in [6.45, 7) is 16.2. The summed E-state index contributed by atoms with van der Waals surface area (Å²) in [5, 5.41) is 0.0345. The van der Waals surface area contributed by atoms with Gasteiger partial charge in [-0.05, 0) is 50.6 Å². The maximum absolute atomic E-state index is 12.8. The molecule has 0 radical (unpaired) electrons. The Morgan fingerprint density at radius 3 is 2.04 bits per heavy atom. The second-order valence-electron chi connectivity index (χ2n) is 8.98. The van der Waals surface area contributed by atoms with E-state index in [0.717, 1.165) is 0 Å². The predicted octanol–water partition coefficient (Wildman–Crippen LogP) is 3.42. The van der Waals surface area contributed by atoms with Gasteiger partial charge in [-0.1, -0.05) is 20.8 Å². The molecule has 26 heavy (non-hydrogen) atoms. The van der Waals surface area contributed by atoms with Gasteiger partial charge in [0.25, 0.3) is 0 Å². The number of hydrogen-bond donors (Lipinski definition) is 0. The Morgan fingerprint density at radius 1 is 1.08 bits per heavy atom. The number of carbonyl (C=O) groups excluding carboxylic acids is 1. The highest BCUT2D eigenvalue weighted by Crippen LogP contribution is 2.45. The van der Waals surface area contributed by atoms with E-state index in [1.54, 1.807) is 20.8 Å². The number of Topliss-reactive ketones (excluding diaryl/α,β-unsaturated/α-hetero) is 1. The second kappa shape index (κ2) is 6.79. The average molecular weight is 387 g/mol. The lowest BCUT2D eigenvalue weighted by atomic mass is 9.89. The maximum Gasteiger partial charge on any atom is 0.221 e. The van der Waals surface area contributed by atoms with E-state index < -0.39 is 32.1 Å². The number of fused-ring (bicyclic) bond motifs is 1. The molecule has 1 heterocycles. The topological polar surface area (TPSA) is 63.2 Å². The van der Waals surface area contributed by atoms with E-state index in [0.29, 0.717) is 5.57 Å². The van der Waals surface area contributed by atoms with Crippen LogP contribution in [0.4, 0.5) is 0 Å². The van der Waals surface area contributed by atoms with Gasteiger partial charge < -0.3 is 23.4 Å². The molecule has 1 aliphatic heterocycles. The second-order valence-corrected chi connectivity index (χ2v) is 13.7. The molecular weight excluding hydrogens is 352 g/mol. The van der Waals surface area contributed by atoms with Crippen molar-refractivity contribution in [1.29, 1.82) is 0 Å². The minimum absolute atomic E-state index is 0.0345. The van der Waals surface area contributed by atoms with Gasteiger partial charge in [0.15, 0.2) is 20.2 Å². The van der Waals surface area contributed by atoms with Crippen molar-refractivity contribution >= 4 is 14.1 Å². The normalized spacial score (nSPS) is 38.8. The molecule has 2 aliphatic rings. The van der Waals surface area contributed by atoms with Crippen molar-refractivity contribution in [3.63, 3.8) is 0 Å². The molecule has 1 saturated heterocycles. The molecule has 7 heteroatoms. The number of methoxy groups -OCH3 is 2. The molecular formula is C19H34O6Si. The smallest absolute Gasteiger partial charge is 0.221 e. The van der Waals surface area contributed by atoms with Gasteiger partial charge in [-0.3, -0.25) is 4.79 Å². The quantitative estimate of drug-likeness (QED) is 0.690. The minimum atomic E-state index is -2.08. The Labute approximate surface area is 158 Å². The molecule has 5 atom stereocenters. The summed E-state index contributed by atoms with van der Waals surface area (Å²) in [4.78, 5) is 12.8. The number of rotatable bonds is 4. The van der Waals surface area contributed by atoms with Crippen LogP contribution >= 0.6 is 0 Å². The summed E-state index contributed by atoms with van der Waals surface area (Å²) in [5.74, 6) is -2.49. The van der Waals surface area contributed by atoms with Gasteiger partial charge in [-0.25, -0.2) is 0 Å². The van der Waals surface area contributed by atoms with Gasteiger partial charge in [-0.15, -0.1) is 0 Å². The molecule has 0 unspecified atom stereocenters. The average Bonchev–Trinajstić information content (AvgIpc) is 2.53. The van der Waals surface area contributed by atoms with E-state index in [4.69, 9.17) is 23.4 Å². The zero-order chi connectivity index (χ0) is 20.1. The van der Waals surface area contributed by atoms with E-state index in [2.05, 4.69) is 33.9 Å². The van der Waals surface area contributed by atoms with Crippen molar-refractivity contribution < 1.29 is 28.2 Å². The fourth-order valence-electron chi connectivity index (χ4n) is 3.02. The zero-order valence-electron chi connectivity index (χ0n) is 17.8. The highest BCUT2D eigenvalue weighted by molar-refractivity contribution is 6.74. The predicted molar refractivity (Wildman–Crippen MR) is 101 cm³/mol. The van der Waals surface area contributed by atoms with E-state index in [9.17, 15) is 4.79 Å². The van der Waals surface area contributed by atoms with Crippen molar-refractivity contribution in [2.24, 2.45) is 0 Å². The van der Waals surface area contributed by atoms with Crippen molar-refractivity contribution in [3.8, 4) is 0 Å². The van der Waals surface area contributed by atoms with Crippen LogP contribution in [0.5, 0.6) is 0 Å². The van der Waals surface area contributed by atoms with Crippen molar-refractivity contribution in [2.75, 3.05) is 14.2 Å². The Morgan fingerprint density at radius 2 is 1.58 bits per heavy atom. The number of ketones is 1. The molecule has 6 nitrogen and oxygen atoms in total. The van der Waals surface area contributed by atoms with Crippen LogP contribution in [-0.4, -0.2) is 58.2 Å². The highest BCUT2D eigenvalue weighted by Gasteiger charge is 2.61. The molecule has 0 N–H and O–H groups in total. The monoisotopic (exact) mass is 386 g/mol. The van der Waals surface area contributed by atoms with Gasteiger partial charge in [0.1, 0.15) is 6.10 Å². The van der Waals surface area contributed by atoms with Gasteiger partial charge in [0.05, 0.1) is 6.10 Å². The fourth-order valence-corrected chi connectivity index (χ4v) is 4.26. The molecule has 0 aromatic rings. The van der Waals surface area contributed by atoms with Gasteiger partial charge in [-0.2, -0.15) is 0 Å². The molecule has 2 rings (SSSR count). The van der Waals surface area contributed by atoms with Gasteiger partial charge in [0, 0.05) is 14.2 Å². The van der Waals surface area contributed by atoms with Crippen LogP contribution < -0.4 is 0 Å². The lowest BCUT2D eigenvalue weighted by molar-refractivity contribution is -0.446. The Bertz CT molecular complexity index is 595. The van der Waals surface area contributed by atoms with E-state index in [1.807, 2.05) is 6.08 Å². The summed E-state index contributed by atoms with van der Waals surface area (Å²) in [7, 11) is 0.968. The molecule has 0 spiro atoms. The molecule has 0 bridgehead atoms. The van der Waals surface area contributed by atoms with E-state index >= 15 is 0 Å². The van der Waals surface area contributed by atoms with E-state index in [-0.39, 0.29) is 16.9 Å². The van der Waals surface area contributed by atoms with Crippen molar-refractivity contribution in [1.82, 2.24) is 0 Å². The van der Waals surface area contributed by atoms with Gasteiger partial charge in [0.2, 0.25) is 11.6 Å². The summed E-state index contributed by atoms with van der Waals surface area (Å²) in [6.07, 6.45) is 0.102. The SMILES string of the molecule is CO[C@]1(C)O[C@H]2[C@H](O[C@@]1(C)OC)C(=O)C(C)=C[C@H]2O[Si](C)(C)C(C)(C)C. The van der Waals surface area contributed by atoms with Crippen LogP contribution in [0.15, 0.2) is 11.6 Å². The van der Waals surface area contributed by atoms with Crippen molar-refractivity contribution in [2.45, 2.75) is 89.6 Å². The summed E-state index contributed by atoms with van der Waals surface area (Å²) in [6, 6.07) is 0. The minimum Gasteiger partial charge on any atom is -0.408 e. The van der Waals surface area contributed by atoms with Gasteiger partial charge >= 0.3 is 0 Å². The van der Waals surface area contributed by atoms with Crippen molar-refractivity contribution in [3.05, 3.63) is 11.6 Å². The van der Waals surface area contributed by atoms with Crippen LogP contribution in [0.25, 0.3) is 0 Å². The molecule has 0 amide bonds. The third-order valence-corrected chi connectivity index (χ3v) is 10.7. The molecule has 0 aromatic carbocycles. The van der Waals surface area contributed by atoms with Crippen LogP contribution in [0.3, 0.4) is 0 Å². The molecule has 0 aromatic heterocycles. The summed E-state index contributed by atoms with van der Waals surface area (Å²) in [5.41, 5.74) is 0.623. The van der Waals surface area contributed by atoms with E-state index in [1.165, 1.54) is 14.2 Å². The highest BCUT2D eigenvalue weighted by atomic mass is 28.4. The lowest BCUT2D eigenvalue weighted by Crippen LogP contribution is -2.70. The first-order valence-corrected chi connectivity index (χ1v) is 12.0. The Balaban J connectivity index is 2.43. The molecule has 150 valence electrons. The number of carbonyl (C=O) groups is 1. The first-order valence-electron chi connectivity index (χ1n) is 9.08. The van der Waals surface area contributed by atoms with Crippen LogP contribution in [0, 0.1) is 0 Å². The largest absolute Gasteiger partial charge is 0.408 e. The summed E-state index contributed by atoms with van der Waals surface area (Å²) >= 11 is 0. The molecule has 1 aliphatic carbocycles. The lowest BCUT2D eigenvalue weighted by Gasteiger charge is -2.54. The molecule has 0 saturated carbocycles. The summed E-state index contributed by atoms with van der Waals surface area (Å²) < 4.78 is 30.1. The first-order chi connectivity index (χ1) is 11.7. The van der Waals surface area contributed by atoms with Crippen LogP contribution in [0.2, 0.25) is 18.1 Å². The number of hydrogen-bond acceptors (Lipinski definition) is 6. The Hall–Kier alpha value is -0.573. The fraction of sp³-hybridized carbons (Fsp3) is 0.842. The van der Waals surface area contributed by atoms with Crippen LogP contribution in [0.1, 0.15) is 41.5 Å². The third kappa shape index (κ3) is 3.45. The van der Waals surface area contributed by atoms with Crippen LogP contribution in [-0.2, 0) is 28.2 Å².